The lowest BCUT2D eigenvalue weighted by atomic mass is 10.1. The molecule has 0 aromatic heterocycles. The van der Waals surface area contributed by atoms with Crippen LogP contribution in [0.5, 0.6) is 0 Å². The highest BCUT2D eigenvalue weighted by molar-refractivity contribution is 5.81. The predicted octanol–water partition coefficient (Wildman–Crippen LogP) is 2.17. The summed E-state index contributed by atoms with van der Waals surface area (Å²) in [5.41, 5.74) is 0. The molecular formula is C14H27NO3. The van der Waals surface area contributed by atoms with E-state index in [1.165, 1.54) is 0 Å². The van der Waals surface area contributed by atoms with Gasteiger partial charge in [-0.1, -0.05) is 34.1 Å². The molecule has 0 radical (unpaired) electrons. The van der Waals surface area contributed by atoms with Crippen molar-refractivity contribution in [1.82, 2.24) is 5.32 Å². The molecule has 1 amide bonds. The molecule has 106 valence electrons. The topological polar surface area (TPSA) is 55.4 Å². The van der Waals surface area contributed by atoms with Gasteiger partial charge in [-0.05, 0) is 12.3 Å². The van der Waals surface area contributed by atoms with Crippen LogP contribution < -0.4 is 5.32 Å². The minimum Gasteiger partial charge on any atom is -0.372 e. The van der Waals surface area contributed by atoms with Crippen molar-refractivity contribution in [1.29, 1.82) is 0 Å². The van der Waals surface area contributed by atoms with E-state index < -0.39 is 0 Å². The summed E-state index contributed by atoms with van der Waals surface area (Å²) in [6.07, 6.45) is 2.58. The van der Waals surface area contributed by atoms with E-state index in [-0.39, 0.29) is 24.2 Å². The average Bonchev–Trinajstić information content (AvgIpc) is 2.27. The quantitative estimate of drug-likeness (QED) is 0.610. The molecule has 0 aliphatic carbocycles. The molecule has 0 heterocycles. The van der Waals surface area contributed by atoms with Crippen LogP contribution in [0.15, 0.2) is 0 Å². The molecule has 1 N–H and O–H groups in total. The molecule has 0 rings (SSSR count). The Morgan fingerprint density at radius 3 is 2.39 bits per heavy atom. The summed E-state index contributed by atoms with van der Waals surface area (Å²) in [6, 6.07) is 0. The molecule has 0 bridgehead atoms. The first kappa shape index (κ1) is 17.1. The number of nitrogens with one attached hydrogen (secondary N) is 1. The van der Waals surface area contributed by atoms with E-state index in [0.717, 1.165) is 12.8 Å². The maximum atomic E-state index is 11.4. The fraction of sp³-hybridized carbons (Fsp3) is 0.857. The van der Waals surface area contributed by atoms with Crippen molar-refractivity contribution < 1.29 is 14.3 Å². The van der Waals surface area contributed by atoms with Crippen LogP contribution in [0.3, 0.4) is 0 Å². The van der Waals surface area contributed by atoms with E-state index in [0.29, 0.717) is 25.5 Å². The maximum absolute atomic E-state index is 11.4. The van der Waals surface area contributed by atoms with Crippen molar-refractivity contribution in [2.75, 3.05) is 19.8 Å². The van der Waals surface area contributed by atoms with E-state index in [1.54, 1.807) is 0 Å². The second kappa shape index (κ2) is 10.1. The summed E-state index contributed by atoms with van der Waals surface area (Å²) in [4.78, 5) is 22.6. The Labute approximate surface area is 110 Å². The summed E-state index contributed by atoms with van der Waals surface area (Å²) >= 11 is 0. The molecular weight excluding hydrogens is 230 g/mol. The summed E-state index contributed by atoms with van der Waals surface area (Å²) in [6.45, 7) is 9.01. The van der Waals surface area contributed by atoms with Gasteiger partial charge in [-0.25, -0.2) is 0 Å². The molecule has 4 heteroatoms. The monoisotopic (exact) mass is 257 g/mol. The van der Waals surface area contributed by atoms with Gasteiger partial charge in [-0.2, -0.15) is 0 Å². The van der Waals surface area contributed by atoms with Gasteiger partial charge in [-0.3, -0.25) is 9.59 Å². The van der Waals surface area contributed by atoms with Gasteiger partial charge in [0.2, 0.25) is 5.91 Å². The van der Waals surface area contributed by atoms with E-state index in [2.05, 4.69) is 19.2 Å². The SMILES string of the molecule is CC(C)CCCC(=O)NCCOCC(=O)C(C)C. The number of hydrogen-bond acceptors (Lipinski definition) is 3. The highest BCUT2D eigenvalue weighted by Crippen LogP contribution is 2.05. The van der Waals surface area contributed by atoms with Crippen molar-refractivity contribution in [3.8, 4) is 0 Å². The molecule has 0 aromatic carbocycles. The Bertz CT molecular complexity index is 249. The van der Waals surface area contributed by atoms with Crippen molar-refractivity contribution in [2.24, 2.45) is 11.8 Å². The predicted molar refractivity (Wildman–Crippen MR) is 72.4 cm³/mol. The number of carbonyl (C=O) groups is 2. The van der Waals surface area contributed by atoms with Gasteiger partial charge in [0.05, 0.1) is 6.61 Å². The summed E-state index contributed by atoms with van der Waals surface area (Å²) in [5.74, 6) is 0.812. The number of ketones is 1. The molecule has 0 aliphatic rings. The zero-order valence-corrected chi connectivity index (χ0v) is 12.1. The number of ether oxygens (including phenoxy) is 1. The first-order chi connectivity index (χ1) is 8.43. The smallest absolute Gasteiger partial charge is 0.220 e. The molecule has 0 fully saturated rings. The van der Waals surface area contributed by atoms with Gasteiger partial charge in [0.1, 0.15) is 6.61 Å². The van der Waals surface area contributed by atoms with Gasteiger partial charge in [-0.15, -0.1) is 0 Å². The fourth-order valence-electron chi connectivity index (χ4n) is 1.36. The first-order valence-electron chi connectivity index (χ1n) is 6.80. The second-order valence-electron chi connectivity index (χ2n) is 5.31. The van der Waals surface area contributed by atoms with Gasteiger partial charge >= 0.3 is 0 Å². The minimum absolute atomic E-state index is 0.00984. The molecule has 0 saturated carbocycles. The Balaban J connectivity index is 3.38. The van der Waals surface area contributed by atoms with Crippen LogP contribution in [0.4, 0.5) is 0 Å². The molecule has 0 unspecified atom stereocenters. The third kappa shape index (κ3) is 10.3. The van der Waals surface area contributed by atoms with E-state index in [9.17, 15) is 9.59 Å². The Morgan fingerprint density at radius 1 is 1.17 bits per heavy atom. The average molecular weight is 257 g/mol. The van der Waals surface area contributed by atoms with Crippen LogP contribution in [-0.4, -0.2) is 31.4 Å². The maximum Gasteiger partial charge on any atom is 0.220 e. The molecule has 0 aliphatic heterocycles. The Hall–Kier alpha value is -0.900. The molecule has 0 saturated heterocycles. The molecule has 0 atom stereocenters. The fourth-order valence-corrected chi connectivity index (χ4v) is 1.36. The number of Topliss-reactive ketones (excluding diaryl/α,β-unsaturated/α-hetero) is 1. The number of hydrogen-bond donors (Lipinski definition) is 1. The highest BCUT2D eigenvalue weighted by Gasteiger charge is 2.06. The van der Waals surface area contributed by atoms with Crippen molar-refractivity contribution in [2.45, 2.75) is 47.0 Å². The molecule has 4 nitrogen and oxygen atoms in total. The largest absolute Gasteiger partial charge is 0.372 e. The first-order valence-corrected chi connectivity index (χ1v) is 6.80. The van der Waals surface area contributed by atoms with Crippen molar-refractivity contribution in [3.05, 3.63) is 0 Å². The van der Waals surface area contributed by atoms with Gasteiger partial charge in [0, 0.05) is 18.9 Å². The summed E-state index contributed by atoms with van der Waals surface area (Å²) < 4.78 is 5.19. The van der Waals surface area contributed by atoms with Crippen LogP contribution in [0.1, 0.15) is 47.0 Å². The van der Waals surface area contributed by atoms with Crippen LogP contribution in [0.2, 0.25) is 0 Å². The molecule has 18 heavy (non-hydrogen) atoms. The Morgan fingerprint density at radius 2 is 1.83 bits per heavy atom. The number of amides is 1. The Kier molecular flexibility index (Phi) is 9.56. The van der Waals surface area contributed by atoms with Crippen molar-refractivity contribution >= 4 is 11.7 Å². The van der Waals surface area contributed by atoms with Crippen LogP contribution in [0, 0.1) is 11.8 Å². The zero-order chi connectivity index (χ0) is 14.0. The number of rotatable bonds is 10. The molecule has 0 aromatic rings. The van der Waals surface area contributed by atoms with Gasteiger partial charge in [0.15, 0.2) is 5.78 Å². The lowest BCUT2D eigenvalue weighted by Crippen LogP contribution is -2.28. The normalized spacial score (nSPS) is 11.0. The number of carbonyl (C=O) groups excluding carboxylic acids is 2. The van der Waals surface area contributed by atoms with Crippen LogP contribution in [0.25, 0.3) is 0 Å². The van der Waals surface area contributed by atoms with Gasteiger partial charge < -0.3 is 10.1 Å². The zero-order valence-electron chi connectivity index (χ0n) is 12.1. The van der Waals surface area contributed by atoms with Crippen LogP contribution >= 0.6 is 0 Å². The summed E-state index contributed by atoms with van der Waals surface area (Å²) in [5, 5.41) is 2.78. The second-order valence-corrected chi connectivity index (χ2v) is 5.31. The minimum atomic E-state index is 0.00984. The third-order valence-corrected chi connectivity index (χ3v) is 2.64. The lowest BCUT2D eigenvalue weighted by Gasteiger charge is -2.08. The van der Waals surface area contributed by atoms with Crippen LogP contribution in [-0.2, 0) is 14.3 Å². The van der Waals surface area contributed by atoms with Crippen molar-refractivity contribution in [3.63, 3.8) is 0 Å². The van der Waals surface area contributed by atoms with E-state index in [1.807, 2.05) is 13.8 Å². The van der Waals surface area contributed by atoms with E-state index in [4.69, 9.17) is 4.74 Å². The third-order valence-electron chi connectivity index (χ3n) is 2.64. The standard InChI is InChI=1S/C14H27NO3/c1-11(2)6-5-7-14(17)15-8-9-18-10-13(16)12(3)4/h11-12H,5-10H2,1-4H3,(H,15,17). The highest BCUT2D eigenvalue weighted by atomic mass is 16.5. The molecule has 0 spiro atoms. The van der Waals surface area contributed by atoms with Gasteiger partial charge in [0.25, 0.3) is 0 Å². The van der Waals surface area contributed by atoms with E-state index >= 15 is 0 Å². The summed E-state index contributed by atoms with van der Waals surface area (Å²) in [7, 11) is 0. The lowest BCUT2D eigenvalue weighted by molar-refractivity contribution is -0.126.